The third kappa shape index (κ3) is 2.15. The summed E-state index contributed by atoms with van der Waals surface area (Å²) in [5, 5.41) is 8.70. The summed E-state index contributed by atoms with van der Waals surface area (Å²) in [5.74, 6) is -0.795. The molecule has 1 saturated carbocycles. The zero-order valence-corrected chi connectivity index (χ0v) is 8.24. The second-order valence-corrected chi connectivity index (χ2v) is 4.17. The van der Waals surface area contributed by atoms with Crippen molar-refractivity contribution in [3.05, 3.63) is 11.6 Å². The molecule has 0 bridgehead atoms. The minimum absolute atomic E-state index is 0.134. The van der Waals surface area contributed by atoms with Crippen LogP contribution in [0.15, 0.2) is 11.6 Å². The van der Waals surface area contributed by atoms with Gasteiger partial charge in [-0.2, -0.15) is 0 Å². The van der Waals surface area contributed by atoms with Crippen LogP contribution in [-0.2, 0) is 9.53 Å². The van der Waals surface area contributed by atoms with E-state index in [1.54, 1.807) is 0 Å². The van der Waals surface area contributed by atoms with Gasteiger partial charge >= 0.3 is 5.97 Å². The molecule has 2 aliphatic rings. The third-order valence-corrected chi connectivity index (χ3v) is 3.00. The lowest BCUT2D eigenvalue weighted by molar-refractivity contribution is -0.143. The Bertz CT molecular complexity index is 243. The molecule has 0 amide bonds. The molecule has 2 rings (SSSR count). The summed E-state index contributed by atoms with van der Waals surface area (Å²) in [5.41, 5.74) is 1.27. The smallest absolute Gasteiger partial charge is 0.307 e. The first-order chi connectivity index (χ1) is 6.75. The number of rotatable bonds is 2. The number of carbonyl (C=O) groups is 1. The molecule has 14 heavy (non-hydrogen) atoms. The molecule has 78 valence electrons. The number of aliphatic carboxylic acids is 1. The fourth-order valence-electron chi connectivity index (χ4n) is 2.04. The van der Waals surface area contributed by atoms with Crippen molar-refractivity contribution in [2.75, 3.05) is 6.61 Å². The zero-order valence-electron chi connectivity index (χ0n) is 8.24. The molecule has 1 atom stereocenters. The molecule has 1 aliphatic heterocycles. The van der Waals surface area contributed by atoms with E-state index in [2.05, 4.69) is 6.08 Å². The molecule has 1 heterocycles. The largest absolute Gasteiger partial charge is 0.481 e. The first kappa shape index (κ1) is 9.71. The van der Waals surface area contributed by atoms with E-state index in [1.165, 1.54) is 12.0 Å². The second kappa shape index (κ2) is 4.13. The number of allylic oxidation sites excluding steroid dienone is 1. The Morgan fingerprint density at radius 3 is 2.79 bits per heavy atom. The van der Waals surface area contributed by atoms with Crippen molar-refractivity contribution >= 4 is 5.97 Å². The average molecular weight is 196 g/mol. The summed E-state index contributed by atoms with van der Waals surface area (Å²) in [6, 6.07) is 0. The number of carboxylic acids is 1. The van der Waals surface area contributed by atoms with Crippen LogP contribution in [0.4, 0.5) is 0 Å². The van der Waals surface area contributed by atoms with Crippen LogP contribution in [0, 0.1) is 5.92 Å². The lowest BCUT2D eigenvalue weighted by Gasteiger charge is -2.28. The average Bonchev–Trinajstić information content (AvgIpc) is 2.12. The third-order valence-electron chi connectivity index (χ3n) is 3.00. The number of hydrogen-bond acceptors (Lipinski definition) is 2. The highest BCUT2D eigenvalue weighted by atomic mass is 16.5. The maximum Gasteiger partial charge on any atom is 0.307 e. The van der Waals surface area contributed by atoms with Gasteiger partial charge in [-0.1, -0.05) is 11.6 Å². The van der Waals surface area contributed by atoms with Crippen molar-refractivity contribution in [3.8, 4) is 0 Å². The van der Waals surface area contributed by atoms with Crippen molar-refractivity contribution in [2.45, 2.75) is 38.2 Å². The Morgan fingerprint density at radius 2 is 2.21 bits per heavy atom. The van der Waals surface area contributed by atoms with Gasteiger partial charge in [0.1, 0.15) is 0 Å². The van der Waals surface area contributed by atoms with Gasteiger partial charge in [-0.25, -0.2) is 0 Å². The fourth-order valence-corrected chi connectivity index (χ4v) is 2.04. The Labute approximate surface area is 83.8 Å². The number of hydrogen-bond donors (Lipinski definition) is 1. The van der Waals surface area contributed by atoms with Crippen LogP contribution < -0.4 is 0 Å². The molecule has 1 saturated heterocycles. The van der Waals surface area contributed by atoms with Gasteiger partial charge in [0.25, 0.3) is 0 Å². The predicted octanol–water partition coefficient (Wildman–Crippen LogP) is 1.98. The van der Waals surface area contributed by atoms with Gasteiger partial charge in [0.05, 0.1) is 12.0 Å². The molecule has 0 radical (unpaired) electrons. The van der Waals surface area contributed by atoms with E-state index in [1.807, 2.05) is 0 Å². The van der Waals surface area contributed by atoms with Gasteiger partial charge in [-0.05, 0) is 32.1 Å². The fraction of sp³-hybridized carbons (Fsp3) is 0.727. The van der Waals surface area contributed by atoms with E-state index in [0.29, 0.717) is 0 Å². The first-order valence-corrected chi connectivity index (χ1v) is 5.29. The van der Waals surface area contributed by atoms with Crippen LogP contribution in [0.25, 0.3) is 0 Å². The molecule has 3 heteroatoms. The summed E-state index contributed by atoms with van der Waals surface area (Å²) < 4.78 is 5.56. The highest BCUT2D eigenvalue weighted by Crippen LogP contribution is 2.34. The quantitative estimate of drug-likeness (QED) is 0.687. The SMILES string of the molecule is O=C(O)C1CC(=CC2CCCCO2)C1. The van der Waals surface area contributed by atoms with E-state index in [-0.39, 0.29) is 12.0 Å². The van der Waals surface area contributed by atoms with Crippen LogP contribution in [-0.4, -0.2) is 23.8 Å². The summed E-state index contributed by atoms with van der Waals surface area (Å²) in [6.45, 7) is 0.858. The molecule has 2 fully saturated rings. The van der Waals surface area contributed by atoms with Crippen molar-refractivity contribution in [1.82, 2.24) is 0 Å². The second-order valence-electron chi connectivity index (χ2n) is 4.17. The molecule has 1 N–H and O–H groups in total. The Hall–Kier alpha value is -0.830. The molecule has 1 aliphatic carbocycles. The minimum Gasteiger partial charge on any atom is -0.481 e. The molecular weight excluding hydrogens is 180 g/mol. The minimum atomic E-state index is -0.660. The number of carboxylic acid groups (broad SMARTS) is 1. The molecule has 0 aromatic heterocycles. The van der Waals surface area contributed by atoms with Crippen LogP contribution in [0.2, 0.25) is 0 Å². The van der Waals surface area contributed by atoms with E-state index in [0.717, 1.165) is 32.3 Å². The van der Waals surface area contributed by atoms with Crippen LogP contribution >= 0.6 is 0 Å². The highest BCUT2D eigenvalue weighted by Gasteiger charge is 2.30. The highest BCUT2D eigenvalue weighted by molar-refractivity contribution is 5.72. The summed E-state index contributed by atoms with van der Waals surface area (Å²) in [4.78, 5) is 10.6. The van der Waals surface area contributed by atoms with Crippen LogP contribution in [0.1, 0.15) is 32.1 Å². The van der Waals surface area contributed by atoms with Gasteiger partial charge in [-0.15, -0.1) is 0 Å². The van der Waals surface area contributed by atoms with E-state index >= 15 is 0 Å². The van der Waals surface area contributed by atoms with E-state index in [4.69, 9.17) is 9.84 Å². The van der Waals surface area contributed by atoms with Gasteiger partial charge in [0.15, 0.2) is 0 Å². The molecular formula is C11H16O3. The van der Waals surface area contributed by atoms with Crippen LogP contribution in [0.3, 0.4) is 0 Å². The van der Waals surface area contributed by atoms with Crippen molar-refractivity contribution in [1.29, 1.82) is 0 Å². The Kier molecular flexibility index (Phi) is 2.87. The van der Waals surface area contributed by atoms with E-state index < -0.39 is 5.97 Å². The lowest BCUT2D eigenvalue weighted by atomic mass is 9.79. The van der Waals surface area contributed by atoms with Crippen LogP contribution in [0.5, 0.6) is 0 Å². The summed E-state index contributed by atoms with van der Waals surface area (Å²) in [6.07, 6.45) is 7.35. The maximum absolute atomic E-state index is 10.6. The molecule has 3 nitrogen and oxygen atoms in total. The predicted molar refractivity (Wildman–Crippen MR) is 52.0 cm³/mol. The normalized spacial score (nSPS) is 32.1. The number of ether oxygens (including phenoxy) is 1. The summed E-state index contributed by atoms with van der Waals surface area (Å²) in [7, 11) is 0. The van der Waals surface area contributed by atoms with Gasteiger partial charge in [0, 0.05) is 6.61 Å². The van der Waals surface area contributed by atoms with Crippen molar-refractivity contribution in [2.24, 2.45) is 5.92 Å². The molecule has 0 aromatic rings. The molecule has 0 aromatic carbocycles. The zero-order chi connectivity index (χ0) is 9.97. The molecule has 1 unspecified atom stereocenters. The monoisotopic (exact) mass is 196 g/mol. The first-order valence-electron chi connectivity index (χ1n) is 5.29. The van der Waals surface area contributed by atoms with Gasteiger partial charge in [0.2, 0.25) is 0 Å². The lowest BCUT2D eigenvalue weighted by Crippen LogP contribution is -2.26. The summed E-state index contributed by atoms with van der Waals surface area (Å²) >= 11 is 0. The van der Waals surface area contributed by atoms with Gasteiger partial charge < -0.3 is 9.84 Å². The Balaban J connectivity index is 1.79. The Morgan fingerprint density at radius 1 is 1.43 bits per heavy atom. The van der Waals surface area contributed by atoms with Gasteiger partial charge in [-0.3, -0.25) is 4.79 Å². The topological polar surface area (TPSA) is 46.5 Å². The van der Waals surface area contributed by atoms with Crippen molar-refractivity contribution in [3.63, 3.8) is 0 Å². The molecule has 0 spiro atoms. The standard InChI is InChI=1S/C11H16O3/c12-11(13)9-5-8(6-9)7-10-3-1-2-4-14-10/h7,9-10H,1-6H2,(H,12,13). The van der Waals surface area contributed by atoms with E-state index in [9.17, 15) is 4.79 Å². The maximum atomic E-state index is 10.6. The van der Waals surface area contributed by atoms with Crippen molar-refractivity contribution < 1.29 is 14.6 Å².